The fraction of sp³-hybridized carbons (Fsp3) is 0.600. The number of amides is 1. The van der Waals surface area contributed by atoms with Crippen LogP contribution in [0.5, 0.6) is 0 Å². The molecule has 0 unspecified atom stereocenters. The van der Waals surface area contributed by atoms with E-state index in [-0.39, 0.29) is 23.9 Å². The van der Waals surface area contributed by atoms with Gasteiger partial charge in [0.1, 0.15) is 11.4 Å². The van der Waals surface area contributed by atoms with Gasteiger partial charge in [0.25, 0.3) is 0 Å². The Morgan fingerprint density at radius 1 is 1.35 bits per heavy atom. The molecule has 1 heterocycles. The molecule has 1 aromatic carbocycles. The van der Waals surface area contributed by atoms with Gasteiger partial charge in [-0.2, -0.15) is 0 Å². The molecule has 1 aliphatic heterocycles. The third-order valence-corrected chi connectivity index (χ3v) is 6.41. The molecule has 1 fully saturated rings. The second-order valence-corrected chi connectivity index (χ2v) is 8.31. The van der Waals surface area contributed by atoms with Gasteiger partial charge in [-0.15, -0.1) is 0 Å². The zero-order chi connectivity index (χ0) is 19.3. The summed E-state index contributed by atoms with van der Waals surface area (Å²) in [5, 5.41) is 10.1. The van der Waals surface area contributed by atoms with Crippen LogP contribution in [-0.4, -0.2) is 35.0 Å². The normalized spacial score (nSPS) is 31.2. The van der Waals surface area contributed by atoms with Crippen molar-refractivity contribution in [2.75, 3.05) is 7.05 Å². The molecule has 3 rings (SSSR count). The van der Waals surface area contributed by atoms with Crippen molar-refractivity contribution in [1.29, 1.82) is 0 Å². The third-order valence-electron chi connectivity index (χ3n) is 6.41. The van der Waals surface area contributed by atoms with Gasteiger partial charge in [0.05, 0.1) is 11.5 Å². The number of hydrogen-bond donors (Lipinski definition) is 2. The van der Waals surface area contributed by atoms with E-state index in [0.717, 1.165) is 24.8 Å². The quantitative estimate of drug-likeness (QED) is 0.868. The number of hydrogen-bond acceptors (Lipinski definition) is 4. The van der Waals surface area contributed by atoms with Gasteiger partial charge in [-0.1, -0.05) is 18.6 Å². The largest absolute Gasteiger partial charge is 0.393 e. The SMILES string of the molecule is CN1C(=O)C(C)(C)[C@@](C)(c2cc(C[C@H]3CCC[C@@H]3O)ccc2F)N=C1N. The number of benzene rings is 1. The summed E-state index contributed by atoms with van der Waals surface area (Å²) in [5.41, 5.74) is 5.21. The van der Waals surface area contributed by atoms with Gasteiger partial charge in [0.15, 0.2) is 5.96 Å². The molecule has 0 spiro atoms. The zero-order valence-corrected chi connectivity index (χ0v) is 15.9. The lowest BCUT2D eigenvalue weighted by Crippen LogP contribution is -2.58. The standard InChI is InChI=1S/C20H28FN3O2/c1-19(2)17(26)24(4)18(22)23-20(19,3)14-11-12(8-9-15(14)21)10-13-6-5-7-16(13)25/h8-9,11,13,16,25H,5-7,10H2,1-4H3,(H2,22,23)/t13-,16+,20-/m1/s1. The van der Waals surface area contributed by atoms with E-state index in [1.165, 1.54) is 11.0 Å². The Kier molecular flexibility index (Phi) is 4.59. The van der Waals surface area contributed by atoms with Crippen LogP contribution in [0.15, 0.2) is 23.2 Å². The number of aliphatic hydroxyl groups excluding tert-OH is 1. The van der Waals surface area contributed by atoms with E-state index >= 15 is 0 Å². The van der Waals surface area contributed by atoms with E-state index < -0.39 is 16.8 Å². The van der Waals surface area contributed by atoms with Crippen molar-refractivity contribution in [2.45, 2.75) is 58.1 Å². The van der Waals surface area contributed by atoms with Crippen LogP contribution in [0.25, 0.3) is 0 Å². The number of rotatable bonds is 3. The van der Waals surface area contributed by atoms with Gasteiger partial charge in [-0.3, -0.25) is 9.69 Å². The van der Waals surface area contributed by atoms with E-state index in [4.69, 9.17) is 5.73 Å². The lowest BCUT2D eigenvalue weighted by Gasteiger charge is -2.46. The first-order valence-electron chi connectivity index (χ1n) is 9.18. The number of nitrogens with zero attached hydrogens (tertiary/aromatic N) is 2. The van der Waals surface area contributed by atoms with Crippen molar-refractivity contribution in [3.05, 3.63) is 35.1 Å². The fourth-order valence-electron chi connectivity index (χ4n) is 4.20. The lowest BCUT2D eigenvalue weighted by atomic mass is 9.67. The minimum Gasteiger partial charge on any atom is -0.393 e. The molecule has 3 atom stereocenters. The van der Waals surface area contributed by atoms with Crippen LogP contribution in [0.4, 0.5) is 4.39 Å². The second kappa shape index (κ2) is 6.34. The Hall–Kier alpha value is -1.95. The first kappa shape index (κ1) is 18.8. The summed E-state index contributed by atoms with van der Waals surface area (Å²) < 4.78 is 14.8. The van der Waals surface area contributed by atoms with Crippen LogP contribution in [0.2, 0.25) is 0 Å². The maximum atomic E-state index is 14.8. The summed E-state index contributed by atoms with van der Waals surface area (Å²) in [7, 11) is 1.58. The Morgan fingerprint density at radius 2 is 2.04 bits per heavy atom. The second-order valence-electron chi connectivity index (χ2n) is 8.31. The maximum absolute atomic E-state index is 14.8. The van der Waals surface area contributed by atoms with Crippen molar-refractivity contribution in [3.8, 4) is 0 Å². The summed E-state index contributed by atoms with van der Waals surface area (Å²) in [5.74, 6) is -0.302. The van der Waals surface area contributed by atoms with Crippen LogP contribution in [0.1, 0.15) is 51.2 Å². The zero-order valence-electron chi connectivity index (χ0n) is 15.9. The van der Waals surface area contributed by atoms with Gasteiger partial charge in [0.2, 0.25) is 5.91 Å². The van der Waals surface area contributed by atoms with Crippen LogP contribution < -0.4 is 5.73 Å². The third kappa shape index (κ3) is 2.80. The molecule has 1 aliphatic carbocycles. The highest BCUT2D eigenvalue weighted by Crippen LogP contribution is 2.47. The van der Waals surface area contributed by atoms with Gasteiger partial charge < -0.3 is 10.8 Å². The van der Waals surface area contributed by atoms with Crippen molar-refractivity contribution < 1.29 is 14.3 Å². The molecule has 3 N–H and O–H groups in total. The van der Waals surface area contributed by atoms with Gasteiger partial charge >= 0.3 is 0 Å². The summed E-state index contributed by atoms with van der Waals surface area (Å²) in [6.45, 7) is 5.31. The van der Waals surface area contributed by atoms with Gasteiger partial charge in [-0.25, -0.2) is 9.38 Å². The van der Waals surface area contributed by atoms with Crippen LogP contribution in [-0.2, 0) is 16.8 Å². The average Bonchev–Trinajstić information content (AvgIpc) is 2.98. The highest BCUT2D eigenvalue weighted by Gasteiger charge is 2.53. The van der Waals surface area contributed by atoms with Crippen molar-refractivity contribution in [2.24, 2.45) is 22.1 Å². The van der Waals surface area contributed by atoms with Crippen molar-refractivity contribution in [3.63, 3.8) is 0 Å². The molecular formula is C20H28FN3O2. The predicted octanol–water partition coefficient (Wildman–Crippen LogP) is 2.56. The molecule has 0 aromatic heterocycles. The summed E-state index contributed by atoms with van der Waals surface area (Å²) >= 11 is 0. The Morgan fingerprint density at radius 3 is 2.65 bits per heavy atom. The Labute approximate surface area is 154 Å². The van der Waals surface area contributed by atoms with E-state index in [9.17, 15) is 14.3 Å². The highest BCUT2D eigenvalue weighted by molar-refractivity contribution is 6.01. The van der Waals surface area contributed by atoms with Crippen molar-refractivity contribution in [1.82, 2.24) is 4.90 Å². The maximum Gasteiger partial charge on any atom is 0.237 e. The minimum absolute atomic E-state index is 0.0906. The van der Waals surface area contributed by atoms with E-state index in [1.54, 1.807) is 40.0 Å². The molecule has 1 amide bonds. The first-order chi connectivity index (χ1) is 12.1. The van der Waals surface area contributed by atoms with Crippen molar-refractivity contribution >= 4 is 11.9 Å². The van der Waals surface area contributed by atoms with E-state index in [0.29, 0.717) is 12.0 Å². The molecule has 26 heavy (non-hydrogen) atoms. The topological polar surface area (TPSA) is 78.9 Å². The minimum atomic E-state index is -1.10. The number of carbonyl (C=O) groups excluding carboxylic acids is 1. The fourth-order valence-corrected chi connectivity index (χ4v) is 4.20. The molecule has 5 nitrogen and oxygen atoms in total. The summed E-state index contributed by atoms with van der Waals surface area (Å²) in [6, 6.07) is 4.98. The average molecular weight is 361 g/mol. The monoisotopic (exact) mass is 361 g/mol. The first-order valence-corrected chi connectivity index (χ1v) is 9.18. The molecule has 142 valence electrons. The molecule has 1 saturated carbocycles. The van der Waals surface area contributed by atoms with Crippen LogP contribution >= 0.6 is 0 Å². The molecular weight excluding hydrogens is 333 g/mol. The van der Waals surface area contributed by atoms with E-state index in [2.05, 4.69) is 4.99 Å². The number of aliphatic hydroxyl groups is 1. The predicted molar refractivity (Wildman–Crippen MR) is 99.0 cm³/mol. The number of halogens is 1. The number of carbonyl (C=O) groups is 1. The molecule has 0 radical (unpaired) electrons. The summed E-state index contributed by atoms with van der Waals surface area (Å²) in [4.78, 5) is 18.6. The molecule has 1 aromatic rings. The lowest BCUT2D eigenvalue weighted by molar-refractivity contribution is -0.140. The molecule has 6 heteroatoms. The number of nitrogens with two attached hydrogens (primary N) is 1. The Balaban J connectivity index is 2.04. The van der Waals surface area contributed by atoms with Gasteiger partial charge in [0, 0.05) is 12.6 Å². The van der Waals surface area contributed by atoms with Gasteiger partial charge in [-0.05, 0) is 57.6 Å². The highest BCUT2D eigenvalue weighted by atomic mass is 19.1. The number of aliphatic imine (C=N–C) groups is 1. The summed E-state index contributed by atoms with van der Waals surface area (Å²) in [6.07, 6.45) is 3.22. The van der Waals surface area contributed by atoms with E-state index in [1.807, 2.05) is 0 Å². The Bertz CT molecular complexity index is 761. The number of guanidine groups is 1. The molecule has 0 bridgehead atoms. The molecule has 0 saturated heterocycles. The molecule has 2 aliphatic rings. The van der Waals surface area contributed by atoms with Crippen LogP contribution in [0, 0.1) is 17.2 Å². The smallest absolute Gasteiger partial charge is 0.237 e. The van der Waals surface area contributed by atoms with Crippen LogP contribution in [0.3, 0.4) is 0 Å².